The lowest BCUT2D eigenvalue weighted by molar-refractivity contribution is -0.113. The fraction of sp³-hybridized carbons (Fsp3) is 0.0870. The molecule has 0 saturated carbocycles. The van der Waals surface area contributed by atoms with Gasteiger partial charge in [0.2, 0.25) is 5.91 Å². The summed E-state index contributed by atoms with van der Waals surface area (Å²) in [5, 5.41) is 11.5. The molecule has 0 spiro atoms. The van der Waals surface area contributed by atoms with Gasteiger partial charge in [0.25, 0.3) is 0 Å². The Morgan fingerprint density at radius 1 is 1.00 bits per heavy atom. The van der Waals surface area contributed by atoms with Crippen molar-refractivity contribution < 1.29 is 18.3 Å². The minimum atomic E-state index is -0.430. The van der Waals surface area contributed by atoms with Gasteiger partial charge in [-0.15, -0.1) is 10.2 Å². The minimum absolute atomic E-state index is 0.0307. The molecule has 4 aromatic rings. The molecular weight excluding hydrogens is 434 g/mol. The molecule has 0 fully saturated rings. The predicted octanol–water partition coefficient (Wildman–Crippen LogP) is 4.95. The standard InChI is InChI=1S/C23H18F2N4O2S/c1-31-18-12-10-17(11-13-18)29-22(19-4-2-3-5-20(19)25)27-28-23(29)32-14-21(30)26-16-8-6-15(24)7-9-16/h2-13H,14H2,1H3,(H,26,30). The van der Waals surface area contributed by atoms with E-state index in [0.717, 1.165) is 11.8 Å². The first-order valence-electron chi connectivity index (χ1n) is 9.58. The molecule has 1 aromatic heterocycles. The number of halogens is 2. The van der Waals surface area contributed by atoms with Gasteiger partial charge < -0.3 is 10.1 Å². The second kappa shape index (κ2) is 9.61. The van der Waals surface area contributed by atoms with E-state index in [1.165, 1.54) is 30.3 Å². The zero-order valence-corrected chi connectivity index (χ0v) is 17.8. The van der Waals surface area contributed by atoms with Gasteiger partial charge in [-0.1, -0.05) is 23.9 Å². The topological polar surface area (TPSA) is 69.0 Å². The van der Waals surface area contributed by atoms with Gasteiger partial charge in [-0.05, 0) is 60.7 Å². The van der Waals surface area contributed by atoms with Crippen molar-refractivity contribution in [2.24, 2.45) is 0 Å². The van der Waals surface area contributed by atoms with Gasteiger partial charge >= 0.3 is 0 Å². The molecule has 4 rings (SSSR count). The van der Waals surface area contributed by atoms with Crippen LogP contribution in [0.4, 0.5) is 14.5 Å². The summed E-state index contributed by atoms with van der Waals surface area (Å²) >= 11 is 1.15. The Labute approximate surface area is 187 Å². The van der Waals surface area contributed by atoms with Crippen molar-refractivity contribution in [3.8, 4) is 22.8 Å². The van der Waals surface area contributed by atoms with Crippen LogP contribution in [0, 0.1) is 11.6 Å². The second-order valence-corrected chi connectivity index (χ2v) is 7.61. The third kappa shape index (κ3) is 4.78. The highest BCUT2D eigenvalue weighted by Gasteiger charge is 2.19. The number of hydrogen-bond donors (Lipinski definition) is 1. The van der Waals surface area contributed by atoms with E-state index in [2.05, 4.69) is 15.5 Å². The highest BCUT2D eigenvalue weighted by molar-refractivity contribution is 7.99. The van der Waals surface area contributed by atoms with E-state index in [1.54, 1.807) is 54.1 Å². The SMILES string of the molecule is COc1ccc(-n2c(SCC(=O)Nc3ccc(F)cc3)nnc2-c2ccccc2F)cc1. The van der Waals surface area contributed by atoms with Crippen LogP contribution in [0.25, 0.3) is 17.1 Å². The van der Waals surface area contributed by atoms with Crippen LogP contribution in [-0.4, -0.2) is 33.5 Å². The summed E-state index contributed by atoms with van der Waals surface area (Å²) in [5.41, 5.74) is 1.47. The lowest BCUT2D eigenvalue weighted by atomic mass is 10.2. The van der Waals surface area contributed by atoms with Crippen molar-refractivity contribution in [3.05, 3.63) is 84.4 Å². The minimum Gasteiger partial charge on any atom is -0.497 e. The number of rotatable bonds is 7. The van der Waals surface area contributed by atoms with Crippen LogP contribution < -0.4 is 10.1 Å². The molecule has 0 aliphatic heterocycles. The molecule has 0 unspecified atom stereocenters. The number of carbonyl (C=O) groups excluding carboxylic acids is 1. The average molecular weight is 452 g/mol. The van der Waals surface area contributed by atoms with Gasteiger partial charge in [-0.3, -0.25) is 9.36 Å². The largest absolute Gasteiger partial charge is 0.497 e. The second-order valence-electron chi connectivity index (χ2n) is 6.66. The number of anilines is 1. The first-order valence-corrected chi connectivity index (χ1v) is 10.6. The molecule has 0 aliphatic rings. The van der Waals surface area contributed by atoms with Crippen LogP contribution in [0.2, 0.25) is 0 Å². The molecule has 162 valence electrons. The smallest absolute Gasteiger partial charge is 0.234 e. The molecule has 0 saturated heterocycles. The Morgan fingerprint density at radius 2 is 1.72 bits per heavy atom. The van der Waals surface area contributed by atoms with Crippen molar-refractivity contribution in [2.45, 2.75) is 5.16 Å². The molecule has 32 heavy (non-hydrogen) atoms. The van der Waals surface area contributed by atoms with Crippen LogP contribution in [0.1, 0.15) is 0 Å². The van der Waals surface area contributed by atoms with E-state index < -0.39 is 5.82 Å². The first kappa shape index (κ1) is 21.5. The summed E-state index contributed by atoms with van der Waals surface area (Å²) < 4.78 is 34.4. The number of aromatic nitrogens is 3. The van der Waals surface area contributed by atoms with Crippen LogP contribution in [0.3, 0.4) is 0 Å². The van der Waals surface area contributed by atoms with E-state index >= 15 is 0 Å². The number of nitrogens with one attached hydrogen (secondary N) is 1. The third-order valence-electron chi connectivity index (χ3n) is 4.54. The van der Waals surface area contributed by atoms with Crippen molar-refractivity contribution in [1.29, 1.82) is 0 Å². The van der Waals surface area contributed by atoms with Crippen LogP contribution in [0.5, 0.6) is 5.75 Å². The quantitative estimate of drug-likeness (QED) is 0.402. The molecule has 3 aromatic carbocycles. The molecule has 1 heterocycles. The van der Waals surface area contributed by atoms with Crippen LogP contribution >= 0.6 is 11.8 Å². The third-order valence-corrected chi connectivity index (χ3v) is 5.47. The van der Waals surface area contributed by atoms with Gasteiger partial charge in [-0.25, -0.2) is 8.78 Å². The fourth-order valence-electron chi connectivity index (χ4n) is 3.00. The zero-order valence-electron chi connectivity index (χ0n) is 17.0. The maximum absolute atomic E-state index is 14.5. The Kier molecular flexibility index (Phi) is 6.46. The Bertz CT molecular complexity index is 1230. The van der Waals surface area contributed by atoms with Gasteiger partial charge in [-0.2, -0.15) is 0 Å². The van der Waals surface area contributed by atoms with Gasteiger partial charge in [0.05, 0.1) is 24.1 Å². The molecule has 1 amide bonds. The number of amides is 1. The van der Waals surface area contributed by atoms with E-state index in [-0.39, 0.29) is 17.5 Å². The summed E-state index contributed by atoms with van der Waals surface area (Å²) in [7, 11) is 1.57. The average Bonchev–Trinajstić information content (AvgIpc) is 3.23. The predicted molar refractivity (Wildman–Crippen MR) is 119 cm³/mol. The lowest BCUT2D eigenvalue weighted by Gasteiger charge is -2.11. The Hall–Kier alpha value is -3.72. The molecule has 9 heteroatoms. The normalized spacial score (nSPS) is 10.7. The summed E-state index contributed by atoms with van der Waals surface area (Å²) in [6.07, 6.45) is 0. The first-order chi connectivity index (χ1) is 15.5. The molecule has 0 radical (unpaired) electrons. The molecule has 0 atom stereocenters. The number of ether oxygens (including phenoxy) is 1. The highest BCUT2D eigenvalue weighted by Crippen LogP contribution is 2.30. The lowest BCUT2D eigenvalue weighted by Crippen LogP contribution is -2.14. The van der Waals surface area contributed by atoms with Gasteiger partial charge in [0.15, 0.2) is 11.0 Å². The van der Waals surface area contributed by atoms with E-state index in [9.17, 15) is 13.6 Å². The van der Waals surface area contributed by atoms with E-state index in [0.29, 0.717) is 33.7 Å². The molecule has 0 aliphatic carbocycles. The molecule has 1 N–H and O–H groups in total. The summed E-state index contributed by atoms with van der Waals surface area (Å²) in [6.45, 7) is 0. The number of carbonyl (C=O) groups is 1. The Morgan fingerprint density at radius 3 is 2.41 bits per heavy atom. The summed E-state index contributed by atoms with van der Waals surface area (Å²) in [5.74, 6) is -0.0933. The highest BCUT2D eigenvalue weighted by atomic mass is 32.2. The monoisotopic (exact) mass is 452 g/mol. The van der Waals surface area contributed by atoms with E-state index in [4.69, 9.17) is 4.74 Å². The van der Waals surface area contributed by atoms with E-state index in [1.807, 2.05) is 0 Å². The van der Waals surface area contributed by atoms with Crippen molar-refractivity contribution in [3.63, 3.8) is 0 Å². The number of thioether (sulfide) groups is 1. The maximum Gasteiger partial charge on any atom is 0.234 e. The zero-order chi connectivity index (χ0) is 22.5. The number of nitrogens with zero attached hydrogens (tertiary/aromatic N) is 3. The van der Waals surface area contributed by atoms with Gasteiger partial charge in [0.1, 0.15) is 17.4 Å². The maximum atomic E-state index is 14.5. The number of benzene rings is 3. The summed E-state index contributed by atoms with van der Waals surface area (Å²) in [6, 6.07) is 18.9. The fourth-order valence-corrected chi connectivity index (χ4v) is 3.76. The molecular formula is C23H18F2N4O2S. The molecule has 0 bridgehead atoms. The number of methoxy groups -OCH3 is 1. The number of hydrogen-bond acceptors (Lipinski definition) is 5. The molecule has 6 nitrogen and oxygen atoms in total. The Balaban J connectivity index is 1.62. The van der Waals surface area contributed by atoms with Crippen molar-refractivity contribution in [1.82, 2.24) is 14.8 Å². The van der Waals surface area contributed by atoms with Crippen LogP contribution in [-0.2, 0) is 4.79 Å². The van der Waals surface area contributed by atoms with Crippen LogP contribution in [0.15, 0.2) is 78.0 Å². The van der Waals surface area contributed by atoms with Crippen molar-refractivity contribution in [2.75, 3.05) is 18.2 Å². The summed E-state index contributed by atoms with van der Waals surface area (Å²) in [4.78, 5) is 12.4. The van der Waals surface area contributed by atoms with Gasteiger partial charge in [0, 0.05) is 5.69 Å². The van der Waals surface area contributed by atoms with Crippen molar-refractivity contribution >= 4 is 23.4 Å².